The van der Waals surface area contributed by atoms with E-state index in [2.05, 4.69) is 10.3 Å². The summed E-state index contributed by atoms with van der Waals surface area (Å²) in [4.78, 5) is 36.8. The molecule has 2 aliphatic heterocycles. The predicted molar refractivity (Wildman–Crippen MR) is 140 cm³/mol. The van der Waals surface area contributed by atoms with Gasteiger partial charge in [0.05, 0.1) is 25.7 Å². The Morgan fingerprint density at radius 1 is 0.972 bits per heavy atom. The lowest BCUT2D eigenvalue weighted by molar-refractivity contribution is -0.120. The van der Waals surface area contributed by atoms with Gasteiger partial charge in [0.15, 0.2) is 16.7 Å². The van der Waals surface area contributed by atoms with Crippen molar-refractivity contribution in [3.05, 3.63) is 89.5 Å². The molecule has 0 saturated carbocycles. The smallest absolute Gasteiger partial charge is 0.275 e. The Kier molecular flexibility index (Phi) is 6.73. The molecule has 2 amide bonds. The lowest BCUT2D eigenvalue weighted by Gasteiger charge is -2.31. The normalized spacial score (nSPS) is 16.0. The summed E-state index contributed by atoms with van der Waals surface area (Å²) in [6, 6.07) is 22.0. The molecule has 0 fully saturated rings. The fourth-order valence-electron chi connectivity index (χ4n) is 4.26. The number of ether oxygens (including phenoxy) is 2. The van der Waals surface area contributed by atoms with Gasteiger partial charge in [-0.15, -0.1) is 0 Å². The second-order valence-corrected chi connectivity index (χ2v) is 9.03. The molecule has 8 nitrogen and oxygen atoms in total. The number of hydrogen-bond donors (Lipinski definition) is 1. The molecule has 5 rings (SSSR count). The number of thioether (sulfide) groups is 1. The van der Waals surface area contributed by atoms with Gasteiger partial charge in [-0.3, -0.25) is 14.5 Å². The Morgan fingerprint density at radius 2 is 1.75 bits per heavy atom. The Balaban J connectivity index is 1.35. The van der Waals surface area contributed by atoms with Gasteiger partial charge >= 0.3 is 0 Å². The third kappa shape index (κ3) is 4.45. The molecule has 0 aromatic heterocycles. The maximum atomic E-state index is 13.0. The van der Waals surface area contributed by atoms with E-state index in [0.717, 1.165) is 22.4 Å². The molecule has 0 radical (unpaired) electrons. The number of methoxy groups -OCH3 is 2. The molecular formula is C27H24N4O4S. The number of carbonyl (C=O) groups excluding carboxylic acids is 2. The number of amidine groups is 2. The second kappa shape index (κ2) is 10.2. The van der Waals surface area contributed by atoms with Crippen molar-refractivity contribution in [2.45, 2.75) is 12.6 Å². The van der Waals surface area contributed by atoms with Gasteiger partial charge in [0.1, 0.15) is 11.9 Å². The van der Waals surface area contributed by atoms with Crippen molar-refractivity contribution in [2.75, 3.05) is 20.0 Å². The standard InChI is InChI=1S/C27H24N4O4S/c1-34-21-14-8-11-18(24(21)35-2)15-28-22(32)16-36-27-29-20-13-7-6-12-19(20)25-30-26(33)23(31(25)27)17-9-4-3-5-10-17/h3-14,23H,15-16H2,1-2H3,(H,28,32). The molecule has 2 aliphatic rings. The van der Waals surface area contributed by atoms with Gasteiger partial charge in [0.2, 0.25) is 5.91 Å². The average molecular weight is 501 g/mol. The van der Waals surface area contributed by atoms with Gasteiger partial charge < -0.3 is 14.8 Å². The van der Waals surface area contributed by atoms with Gasteiger partial charge in [-0.1, -0.05) is 66.4 Å². The predicted octanol–water partition coefficient (Wildman–Crippen LogP) is 4.08. The monoisotopic (exact) mass is 500 g/mol. The lowest BCUT2D eigenvalue weighted by Crippen LogP contribution is -2.39. The quantitative estimate of drug-likeness (QED) is 0.526. The number of para-hydroxylation sites is 2. The van der Waals surface area contributed by atoms with E-state index in [1.54, 1.807) is 20.3 Å². The number of nitrogens with one attached hydrogen (secondary N) is 1. The topological polar surface area (TPSA) is 92.6 Å². The van der Waals surface area contributed by atoms with Crippen molar-refractivity contribution >= 4 is 40.3 Å². The Morgan fingerprint density at radius 3 is 2.53 bits per heavy atom. The van der Waals surface area contributed by atoms with Crippen LogP contribution in [0.25, 0.3) is 0 Å². The molecule has 0 bridgehead atoms. The number of carbonyl (C=O) groups is 2. The SMILES string of the molecule is COc1cccc(CNC(=O)CSC2=Nc3ccccc3C3=NC(=O)C(c4ccccc4)N23)c1OC. The maximum absolute atomic E-state index is 13.0. The molecule has 3 aromatic rings. The molecule has 3 aromatic carbocycles. The number of fused-ring (bicyclic) bond motifs is 3. The number of amides is 2. The number of benzene rings is 3. The van der Waals surface area contributed by atoms with Gasteiger partial charge in [-0.25, -0.2) is 4.99 Å². The minimum Gasteiger partial charge on any atom is -0.493 e. The lowest BCUT2D eigenvalue weighted by atomic mass is 10.0. The van der Waals surface area contributed by atoms with E-state index in [0.29, 0.717) is 22.5 Å². The molecule has 1 unspecified atom stereocenters. The largest absolute Gasteiger partial charge is 0.493 e. The Hall–Kier alpha value is -4.11. The maximum Gasteiger partial charge on any atom is 0.275 e. The highest BCUT2D eigenvalue weighted by atomic mass is 32.2. The highest BCUT2D eigenvalue weighted by Crippen LogP contribution is 2.39. The zero-order valence-electron chi connectivity index (χ0n) is 19.8. The van der Waals surface area contributed by atoms with Crippen LogP contribution < -0.4 is 14.8 Å². The first kappa shape index (κ1) is 23.6. The summed E-state index contributed by atoms with van der Waals surface area (Å²) in [5.41, 5.74) is 3.15. The van der Waals surface area contributed by atoms with E-state index >= 15 is 0 Å². The highest BCUT2D eigenvalue weighted by molar-refractivity contribution is 8.14. The first-order chi connectivity index (χ1) is 17.6. The molecular weight excluding hydrogens is 476 g/mol. The molecule has 0 aliphatic carbocycles. The minimum absolute atomic E-state index is 0.118. The molecule has 0 saturated heterocycles. The van der Waals surface area contributed by atoms with E-state index in [9.17, 15) is 9.59 Å². The molecule has 1 N–H and O–H groups in total. The summed E-state index contributed by atoms with van der Waals surface area (Å²) >= 11 is 1.27. The third-order valence-corrected chi connectivity index (χ3v) is 6.86. The summed E-state index contributed by atoms with van der Waals surface area (Å²) in [6.45, 7) is 0.288. The van der Waals surface area contributed by atoms with E-state index in [-0.39, 0.29) is 24.1 Å². The first-order valence-corrected chi connectivity index (χ1v) is 12.3. The summed E-state index contributed by atoms with van der Waals surface area (Å²) in [7, 11) is 3.14. The van der Waals surface area contributed by atoms with Crippen LogP contribution in [0.5, 0.6) is 11.5 Å². The van der Waals surface area contributed by atoms with E-state index in [1.807, 2.05) is 71.6 Å². The van der Waals surface area contributed by atoms with Gasteiger partial charge in [0.25, 0.3) is 5.91 Å². The zero-order chi connectivity index (χ0) is 25.1. The van der Waals surface area contributed by atoms with Crippen LogP contribution in [-0.4, -0.2) is 47.7 Å². The highest BCUT2D eigenvalue weighted by Gasteiger charge is 2.42. The van der Waals surface area contributed by atoms with Crippen molar-refractivity contribution in [3.8, 4) is 11.5 Å². The fraction of sp³-hybridized carbons (Fsp3) is 0.185. The Bertz CT molecular complexity index is 1370. The second-order valence-electron chi connectivity index (χ2n) is 8.09. The summed E-state index contributed by atoms with van der Waals surface area (Å²) in [5.74, 6) is 1.44. The minimum atomic E-state index is -0.620. The third-order valence-electron chi connectivity index (χ3n) is 5.91. The van der Waals surface area contributed by atoms with Crippen LogP contribution in [-0.2, 0) is 16.1 Å². The van der Waals surface area contributed by atoms with Crippen molar-refractivity contribution in [3.63, 3.8) is 0 Å². The molecule has 1 atom stereocenters. The van der Waals surface area contributed by atoms with Gasteiger partial charge in [-0.2, -0.15) is 4.99 Å². The average Bonchev–Trinajstić information content (AvgIpc) is 3.27. The Labute approximate surface area is 213 Å². The van der Waals surface area contributed by atoms with Crippen molar-refractivity contribution in [2.24, 2.45) is 9.98 Å². The van der Waals surface area contributed by atoms with Crippen LogP contribution >= 0.6 is 11.8 Å². The van der Waals surface area contributed by atoms with Crippen LogP contribution in [0.15, 0.2) is 82.8 Å². The van der Waals surface area contributed by atoms with Crippen LogP contribution in [0.1, 0.15) is 22.7 Å². The van der Waals surface area contributed by atoms with Crippen molar-refractivity contribution in [1.29, 1.82) is 0 Å². The van der Waals surface area contributed by atoms with Crippen LogP contribution in [0, 0.1) is 0 Å². The molecule has 36 heavy (non-hydrogen) atoms. The summed E-state index contributed by atoms with van der Waals surface area (Å²) < 4.78 is 10.8. The van der Waals surface area contributed by atoms with Gasteiger partial charge in [-0.05, 0) is 23.8 Å². The number of nitrogens with zero attached hydrogens (tertiary/aromatic N) is 3. The van der Waals surface area contributed by atoms with E-state index in [1.165, 1.54) is 11.8 Å². The van der Waals surface area contributed by atoms with Gasteiger partial charge in [0, 0.05) is 17.7 Å². The number of rotatable bonds is 7. The fourth-order valence-corrected chi connectivity index (χ4v) is 5.11. The van der Waals surface area contributed by atoms with Crippen LogP contribution in [0.4, 0.5) is 5.69 Å². The molecule has 0 spiro atoms. The van der Waals surface area contributed by atoms with Crippen molar-refractivity contribution < 1.29 is 19.1 Å². The van der Waals surface area contributed by atoms with Crippen LogP contribution in [0.2, 0.25) is 0 Å². The number of hydrogen-bond acceptors (Lipinski definition) is 7. The summed E-state index contributed by atoms with van der Waals surface area (Å²) in [6.07, 6.45) is 0. The van der Waals surface area contributed by atoms with Crippen molar-refractivity contribution in [1.82, 2.24) is 10.2 Å². The van der Waals surface area contributed by atoms with Crippen LogP contribution in [0.3, 0.4) is 0 Å². The first-order valence-electron chi connectivity index (χ1n) is 11.3. The van der Waals surface area contributed by atoms with E-state index < -0.39 is 6.04 Å². The number of aliphatic imine (C=N–C) groups is 2. The van der Waals surface area contributed by atoms with E-state index in [4.69, 9.17) is 14.5 Å². The molecule has 182 valence electrons. The zero-order valence-corrected chi connectivity index (χ0v) is 20.6. The molecule has 9 heteroatoms. The molecule has 2 heterocycles. The summed E-state index contributed by atoms with van der Waals surface area (Å²) in [5, 5.41) is 3.49.